The van der Waals surface area contributed by atoms with E-state index in [2.05, 4.69) is 40.0 Å². The third-order valence-corrected chi connectivity index (χ3v) is 8.06. The van der Waals surface area contributed by atoms with Crippen molar-refractivity contribution in [2.24, 2.45) is 0 Å². The molecule has 13 nitrogen and oxygen atoms in total. The highest BCUT2D eigenvalue weighted by Gasteiger charge is 2.20. The highest BCUT2D eigenvalue weighted by atomic mass is 35.5. The molecule has 2 aromatic carbocycles. The Morgan fingerprint density at radius 1 is 0.745 bits per heavy atom. The average molecular weight is 686 g/mol. The van der Waals surface area contributed by atoms with Gasteiger partial charge in [-0.3, -0.25) is 19.3 Å². The molecule has 0 unspecified atom stereocenters. The Morgan fingerprint density at radius 2 is 1.26 bits per heavy atom. The van der Waals surface area contributed by atoms with Crippen molar-refractivity contribution in [2.45, 2.75) is 20.4 Å². The van der Waals surface area contributed by atoms with Crippen LogP contribution in [0.4, 0.5) is 11.6 Å². The predicted molar refractivity (Wildman–Crippen MR) is 183 cm³/mol. The number of hydrogen-bond acceptors (Lipinski definition) is 11. The number of aromatic amines is 2. The fourth-order valence-corrected chi connectivity index (χ4v) is 5.69. The second kappa shape index (κ2) is 16.9. The van der Waals surface area contributed by atoms with Crippen LogP contribution >= 0.6 is 23.2 Å². The minimum atomic E-state index is -0.142. The molecule has 2 aliphatic rings. The third kappa shape index (κ3) is 10.3. The van der Waals surface area contributed by atoms with Gasteiger partial charge in [-0.05, 0) is 49.2 Å². The van der Waals surface area contributed by atoms with Gasteiger partial charge in [0, 0.05) is 86.6 Å². The smallest absolute Gasteiger partial charge is 0.252 e. The van der Waals surface area contributed by atoms with E-state index < -0.39 is 0 Å². The first kappa shape index (κ1) is 35.4. The summed E-state index contributed by atoms with van der Waals surface area (Å²) in [7, 11) is 0. The van der Waals surface area contributed by atoms with Gasteiger partial charge in [0.1, 0.15) is 23.1 Å². The monoisotopic (exact) mass is 684 g/mol. The zero-order valence-corrected chi connectivity index (χ0v) is 27.7. The number of nitrogens with one attached hydrogen (secondary N) is 3. The number of piperazine rings is 2. The lowest BCUT2D eigenvalue weighted by molar-refractivity contribution is 0.112. The van der Waals surface area contributed by atoms with Crippen molar-refractivity contribution in [3.63, 3.8) is 0 Å². The summed E-state index contributed by atoms with van der Waals surface area (Å²) < 4.78 is 0. The molecule has 2 saturated heterocycles. The quantitative estimate of drug-likeness (QED) is 0.196. The van der Waals surface area contributed by atoms with E-state index in [1.54, 1.807) is 19.1 Å². The van der Waals surface area contributed by atoms with Gasteiger partial charge in [-0.2, -0.15) is 0 Å². The first-order valence-electron chi connectivity index (χ1n) is 15.0. The molecule has 0 aliphatic carbocycles. The number of H-pyrrole nitrogens is 2. The van der Waals surface area contributed by atoms with Crippen LogP contribution in [0.3, 0.4) is 0 Å². The van der Waals surface area contributed by atoms with Crippen molar-refractivity contribution in [2.75, 3.05) is 62.2 Å². The molecule has 0 radical (unpaired) electrons. The molecule has 0 amide bonds. The number of phenols is 2. The van der Waals surface area contributed by atoms with Crippen LogP contribution in [0.5, 0.6) is 11.5 Å². The van der Waals surface area contributed by atoms with Crippen molar-refractivity contribution >= 4 is 41.1 Å². The molecule has 0 saturated carbocycles. The van der Waals surface area contributed by atoms with Crippen LogP contribution in [0, 0.1) is 13.8 Å². The first-order valence-corrected chi connectivity index (χ1v) is 15.7. The zero-order chi connectivity index (χ0) is 33.9. The van der Waals surface area contributed by atoms with Crippen LogP contribution in [0.2, 0.25) is 10.0 Å². The number of benzene rings is 2. The first-order chi connectivity index (χ1) is 22.5. The van der Waals surface area contributed by atoms with Gasteiger partial charge in [0.2, 0.25) is 0 Å². The third-order valence-electron chi connectivity index (χ3n) is 7.62. The summed E-state index contributed by atoms with van der Waals surface area (Å²) in [5, 5.41) is 23.7. The van der Waals surface area contributed by atoms with Crippen molar-refractivity contribution in [3.05, 3.63) is 102 Å². The topological polar surface area (TPSA) is 171 Å². The number of carbonyl (C=O) groups is 1. The van der Waals surface area contributed by atoms with Crippen LogP contribution in [-0.2, 0) is 6.54 Å². The Balaban J connectivity index is 0.000000176. The number of nitrogens with zero attached hydrogens (tertiary/aromatic N) is 5. The van der Waals surface area contributed by atoms with E-state index in [1.807, 2.05) is 13.0 Å². The highest BCUT2D eigenvalue weighted by Crippen LogP contribution is 2.28. The minimum Gasteiger partial charge on any atom is -0.507 e. The second-order valence-corrected chi connectivity index (χ2v) is 11.9. The molecular formula is C32H38Cl2N8O5. The normalized spacial score (nSPS) is 14.8. The maximum Gasteiger partial charge on any atom is 0.252 e. The molecule has 0 atom stereocenters. The van der Waals surface area contributed by atoms with Crippen LogP contribution in [0.25, 0.3) is 0 Å². The number of hydrogen-bond donors (Lipinski definition) is 5. The summed E-state index contributed by atoms with van der Waals surface area (Å²) in [4.78, 5) is 52.5. The van der Waals surface area contributed by atoms with Gasteiger partial charge in [0.15, 0.2) is 6.29 Å². The van der Waals surface area contributed by atoms with Gasteiger partial charge in [-0.25, -0.2) is 9.97 Å². The van der Waals surface area contributed by atoms with Gasteiger partial charge in [-0.1, -0.05) is 23.2 Å². The number of aryl methyl sites for hydroxylation is 2. The van der Waals surface area contributed by atoms with E-state index in [9.17, 15) is 24.6 Å². The molecule has 5 N–H and O–H groups in total. The van der Waals surface area contributed by atoms with Crippen molar-refractivity contribution in [1.29, 1.82) is 0 Å². The molecule has 0 spiro atoms. The SMILES string of the molecule is Cc1cc(Cl)cc(C=O)c1O.Cc1cc(Cl)cc(CN2CCN(c3cc(=O)[nH]cn3)CC2)c1O.O=c1cc(N2CCNCC2)nc[nH]1. The van der Waals surface area contributed by atoms with E-state index in [1.165, 1.54) is 30.9 Å². The van der Waals surface area contributed by atoms with Gasteiger partial charge in [-0.15, -0.1) is 0 Å². The molecule has 4 aromatic rings. The Hall–Kier alpha value is -4.43. The molecule has 47 heavy (non-hydrogen) atoms. The Kier molecular flexibility index (Phi) is 12.8. The molecule has 2 aliphatic heterocycles. The van der Waals surface area contributed by atoms with E-state index in [0.717, 1.165) is 69.3 Å². The summed E-state index contributed by atoms with van der Waals surface area (Å²) in [6.45, 7) is 11.2. The summed E-state index contributed by atoms with van der Waals surface area (Å²) in [5.74, 6) is 1.79. The fraction of sp³-hybridized carbons (Fsp3) is 0.344. The van der Waals surface area contributed by atoms with Gasteiger partial charge >= 0.3 is 0 Å². The van der Waals surface area contributed by atoms with E-state index in [4.69, 9.17) is 23.2 Å². The summed E-state index contributed by atoms with van der Waals surface area (Å²) in [5.41, 5.74) is 2.24. The molecule has 2 aromatic heterocycles. The minimum absolute atomic E-state index is 0.00407. The van der Waals surface area contributed by atoms with Crippen molar-refractivity contribution < 1.29 is 15.0 Å². The summed E-state index contributed by atoms with van der Waals surface area (Å²) in [6.07, 6.45) is 3.45. The number of aldehydes is 1. The number of aromatic hydroxyl groups is 2. The zero-order valence-electron chi connectivity index (χ0n) is 26.2. The van der Waals surface area contributed by atoms with Crippen molar-refractivity contribution in [3.8, 4) is 11.5 Å². The molecule has 6 rings (SSSR count). The molecular weight excluding hydrogens is 647 g/mol. The van der Waals surface area contributed by atoms with Gasteiger partial charge < -0.3 is 35.3 Å². The molecule has 2 fully saturated rings. The molecule has 0 bridgehead atoms. The number of rotatable bonds is 5. The number of aromatic nitrogens is 4. The van der Waals surface area contributed by atoms with Crippen LogP contribution in [0.1, 0.15) is 27.0 Å². The second-order valence-electron chi connectivity index (χ2n) is 11.0. The predicted octanol–water partition coefficient (Wildman–Crippen LogP) is 3.11. The van der Waals surface area contributed by atoms with Crippen molar-refractivity contribution in [1.82, 2.24) is 30.2 Å². The Labute approximate surface area is 281 Å². The Morgan fingerprint density at radius 3 is 1.79 bits per heavy atom. The number of halogens is 2. The van der Waals surface area contributed by atoms with Gasteiger partial charge in [0.05, 0.1) is 18.2 Å². The fourth-order valence-electron chi connectivity index (χ4n) is 5.11. The summed E-state index contributed by atoms with van der Waals surface area (Å²) in [6, 6.07) is 9.65. The van der Waals surface area contributed by atoms with Crippen LogP contribution in [0.15, 0.2) is 58.6 Å². The standard InChI is InChI=1S/C16H19ClN4O2.C8H7ClO2.C8H12N4O/c1-11-6-13(17)7-12(16(11)23)9-20-2-4-21(5-3-20)14-8-15(22)19-10-18-14;1-5-2-7(9)3-6(4-10)8(5)11;13-8-5-7(10-6-11-8)12-3-1-9-2-4-12/h6-8,10,23H,2-5,9H2,1H3,(H,18,19,22);2-4,11H,1H3;5-6,9H,1-4H2,(H,10,11,13). The highest BCUT2D eigenvalue weighted by molar-refractivity contribution is 6.31. The lowest BCUT2D eigenvalue weighted by atomic mass is 10.1. The van der Waals surface area contributed by atoms with Crippen LogP contribution < -0.4 is 26.2 Å². The maximum atomic E-state index is 11.4. The van der Waals surface area contributed by atoms with E-state index >= 15 is 0 Å². The van der Waals surface area contributed by atoms with Gasteiger partial charge in [0.25, 0.3) is 11.1 Å². The number of anilines is 2. The van der Waals surface area contributed by atoms with Crippen LogP contribution in [-0.4, -0.2) is 93.7 Å². The number of phenolic OH excluding ortho intramolecular Hbond substituents is 2. The number of carbonyl (C=O) groups excluding carboxylic acids is 1. The van der Waals surface area contributed by atoms with E-state index in [0.29, 0.717) is 40.0 Å². The molecule has 250 valence electrons. The average Bonchev–Trinajstić information content (AvgIpc) is 3.06. The molecule has 15 heteroatoms. The lowest BCUT2D eigenvalue weighted by Gasteiger charge is -2.35. The Bertz CT molecular complexity index is 1770. The van der Waals surface area contributed by atoms with E-state index in [-0.39, 0.29) is 22.4 Å². The maximum absolute atomic E-state index is 11.4. The molecule has 4 heterocycles. The largest absolute Gasteiger partial charge is 0.507 e. The lowest BCUT2D eigenvalue weighted by Crippen LogP contribution is -2.46. The summed E-state index contributed by atoms with van der Waals surface area (Å²) >= 11 is 11.7.